The number of nitrogens with zero attached hydrogens (tertiary/aromatic N) is 1. The number of carbonyl (C=O) groups excluding carboxylic acids is 1. The Morgan fingerprint density at radius 2 is 2.00 bits per heavy atom. The molecule has 3 nitrogen and oxygen atoms in total. The van der Waals surface area contributed by atoms with Crippen molar-refractivity contribution in [3.05, 3.63) is 0 Å². The van der Waals surface area contributed by atoms with Crippen LogP contribution in [0.3, 0.4) is 0 Å². The molecule has 1 atom stereocenters. The smallest absolute Gasteiger partial charge is 0.234 e. The van der Waals surface area contributed by atoms with Gasteiger partial charge in [-0.05, 0) is 25.3 Å². The van der Waals surface area contributed by atoms with Crippen molar-refractivity contribution in [3.63, 3.8) is 0 Å². The Labute approximate surface area is 79.7 Å². The first-order valence-corrected chi connectivity index (χ1v) is 4.94. The van der Waals surface area contributed by atoms with Crippen LogP contribution in [0.5, 0.6) is 0 Å². The molecule has 1 unspecified atom stereocenters. The van der Waals surface area contributed by atoms with Crippen LogP contribution in [0.1, 0.15) is 20.3 Å². The molecule has 0 bridgehead atoms. The number of carbonyl (C=O) groups is 1. The van der Waals surface area contributed by atoms with Crippen molar-refractivity contribution in [2.45, 2.75) is 26.3 Å². The van der Waals surface area contributed by atoms with Crippen LogP contribution in [0.4, 0.5) is 0 Å². The van der Waals surface area contributed by atoms with Crippen LogP contribution >= 0.6 is 12.6 Å². The Morgan fingerprint density at radius 3 is 2.25 bits per heavy atom. The molecule has 2 N–H and O–H groups in total. The molecule has 0 aromatic carbocycles. The van der Waals surface area contributed by atoms with Crippen molar-refractivity contribution in [3.8, 4) is 0 Å². The van der Waals surface area contributed by atoms with Crippen LogP contribution in [-0.2, 0) is 4.79 Å². The largest absolute Gasteiger partial charge is 0.368 e. The molecular weight excluding hydrogens is 172 g/mol. The van der Waals surface area contributed by atoms with Crippen molar-refractivity contribution in [1.82, 2.24) is 4.90 Å². The zero-order chi connectivity index (χ0) is 9.56. The van der Waals surface area contributed by atoms with E-state index in [-0.39, 0.29) is 11.9 Å². The van der Waals surface area contributed by atoms with Crippen molar-refractivity contribution in [2.24, 2.45) is 5.73 Å². The predicted molar refractivity (Wildman–Crippen MR) is 54.4 cm³/mol. The Bertz CT molecular complexity index is 137. The van der Waals surface area contributed by atoms with E-state index in [1.807, 2.05) is 13.8 Å². The van der Waals surface area contributed by atoms with Crippen LogP contribution in [0, 0.1) is 0 Å². The number of rotatable bonds is 6. The second-order valence-corrected chi connectivity index (χ2v) is 3.10. The van der Waals surface area contributed by atoms with Gasteiger partial charge in [0.05, 0.1) is 6.04 Å². The van der Waals surface area contributed by atoms with Gasteiger partial charge >= 0.3 is 0 Å². The second-order valence-electron chi connectivity index (χ2n) is 2.65. The molecule has 0 heterocycles. The number of nitrogens with two attached hydrogens (primary N) is 1. The van der Waals surface area contributed by atoms with E-state index < -0.39 is 0 Å². The third kappa shape index (κ3) is 3.45. The summed E-state index contributed by atoms with van der Waals surface area (Å²) in [5.41, 5.74) is 5.26. The molecule has 12 heavy (non-hydrogen) atoms. The molecule has 0 saturated heterocycles. The van der Waals surface area contributed by atoms with E-state index >= 15 is 0 Å². The normalized spacial score (nSPS) is 13.3. The fraction of sp³-hybridized carbons (Fsp3) is 0.875. The summed E-state index contributed by atoms with van der Waals surface area (Å²) in [6, 6.07) is -0.141. The van der Waals surface area contributed by atoms with Crippen molar-refractivity contribution in [1.29, 1.82) is 0 Å². The van der Waals surface area contributed by atoms with Gasteiger partial charge in [0.25, 0.3) is 0 Å². The summed E-state index contributed by atoms with van der Waals surface area (Å²) in [4.78, 5) is 13.0. The molecule has 0 spiro atoms. The number of likely N-dealkylation sites (N-methyl/N-ethyl adjacent to an activating group) is 1. The summed E-state index contributed by atoms with van der Waals surface area (Å²) in [7, 11) is 0. The Morgan fingerprint density at radius 1 is 1.50 bits per heavy atom. The Balaban J connectivity index is 4.15. The summed E-state index contributed by atoms with van der Waals surface area (Å²) >= 11 is 4.09. The molecule has 0 aromatic heterocycles. The molecule has 0 aromatic rings. The third-order valence-corrected chi connectivity index (χ3v) is 2.24. The van der Waals surface area contributed by atoms with Crippen molar-refractivity contribution >= 4 is 18.5 Å². The monoisotopic (exact) mass is 190 g/mol. The molecule has 0 aliphatic carbocycles. The first kappa shape index (κ1) is 11.8. The van der Waals surface area contributed by atoms with E-state index in [9.17, 15) is 4.79 Å². The standard InChI is InChI=1S/C8H18N2OS/c1-3-10(4-2)7(5-6-12)8(9)11/h7,12H,3-6H2,1-2H3,(H2,9,11). The van der Waals surface area contributed by atoms with E-state index in [1.54, 1.807) is 0 Å². The van der Waals surface area contributed by atoms with Gasteiger partial charge in [-0.2, -0.15) is 12.6 Å². The molecule has 4 heteroatoms. The number of amides is 1. The summed E-state index contributed by atoms with van der Waals surface area (Å²) in [5, 5.41) is 0. The van der Waals surface area contributed by atoms with Gasteiger partial charge in [0.15, 0.2) is 0 Å². The lowest BCUT2D eigenvalue weighted by atomic mass is 10.2. The minimum atomic E-state index is -0.243. The maximum absolute atomic E-state index is 11.0. The second kappa shape index (κ2) is 6.31. The first-order chi connectivity index (χ1) is 5.67. The molecule has 72 valence electrons. The van der Waals surface area contributed by atoms with Crippen molar-refractivity contribution in [2.75, 3.05) is 18.8 Å². The van der Waals surface area contributed by atoms with Gasteiger partial charge in [0.2, 0.25) is 5.91 Å². The quantitative estimate of drug-likeness (QED) is 0.599. The minimum absolute atomic E-state index is 0.141. The van der Waals surface area contributed by atoms with Crippen molar-refractivity contribution < 1.29 is 4.79 Å². The average Bonchev–Trinajstić information content (AvgIpc) is 2.05. The number of hydrogen-bond donors (Lipinski definition) is 2. The van der Waals surface area contributed by atoms with Crippen LogP contribution in [0.25, 0.3) is 0 Å². The lowest BCUT2D eigenvalue weighted by molar-refractivity contribution is -0.123. The fourth-order valence-electron chi connectivity index (χ4n) is 1.29. The van der Waals surface area contributed by atoms with Crippen LogP contribution < -0.4 is 5.73 Å². The highest BCUT2D eigenvalue weighted by atomic mass is 32.1. The molecule has 0 saturated carbocycles. The lowest BCUT2D eigenvalue weighted by Gasteiger charge is -2.26. The van der Waals surface area contributed by atoms with Gasteiger partial charge in [0.1, 0.15) is 0 Å². The minimum Gasteiger partial charge on any atom is -0.368 e. The average molecular weight is 190 g/mol. The highest BCUT2D eigenvalue weighted by molar-refractivity contribution is 7.80. The van der Waals surface area contributed by atoms with E-state index in [0.29, 0.717) is 5.75 Å². The SMILES string of the molecule is CCN(CC)C(CCS)C(N)=O. The molecule has 0 fully saturated rings. The Kier molecular flexibility index (Phi) is 6.20. The van der Waals surface area contributed by atoms with Gasteiger partial charge in [0, 0.05) is 0 Å². The highest BCUT2D eigenvalue weighted by Crippen LogP contribution is 2.04. The van der Waals surface area contributed by atoms with E-state index in [0.717, 1.165) is 19.5 Å². The third-order valence-electron chi connectivity index (χ3n) is 1.98. The van der Waals surface area contributed by atoms with Gasteiger partial charge in [-0.3, -0.25) is 9.69 Å². The summed E-state index contributed by atoms with van der Waals surface area (Å²) in [6.45, 7) is 5.77. The van der Waals surface area contributed by atoms with E-state index in [2.05, 4.69) is 17.5 Å². The predicted octanol–water partition coefficient (Wildman–Crippen LogP) is 0.502. The first-order valence-electron chi connectivity index (χ1n) is 4.31. The number of hydrogen-bond acceptors (Lipinski definition) is 3. The summed E-state index contributed by atoms with van der Waals surface area (Å²) < 4.78 is 0. The van der Waals surface area contributed by atoms with Gasteiger partial charge in [-0.25, -0.2) is 0 Å². The summed E-state index contributed by atoms with van der Waals surface area (Å²) in [5.74, 6) is 0.456. The van der Waals surface area contributed by atoms with E-state index in [1.165, 1.54) is 0 Å². The fourth-order valence-corrected chi connectivity index (χ4v) is 1.54. The van der Waals surface area contributed by atoms with Gasteiger partial charge < -0.3 is 5.73 Å². The molecule has 0 radical (unpaired) electrons. The van der Waals surface area contributed by atoms with Gasteiger partial charge in [-0.15, -0.1) is 0 Å². The number of thiol groups is 1. The molecule has 0 rings (SSSR count). The Hall–Kier alpha value is -0.220. The molecule has 0 aliphatic rings. The molecule has 1 amide bonds. The maximum Gasteiger partial charge on any atom is 0.234 e. The highest BCUT2D eigenvalue weighted by Gasteiger charge is 2.19. The van der Waals surface area contributed by atoms with Crippen LogP contribution in [0.2, 0.25) is 0 Å². The van der Waals surface area contributed by atoms with E-state index in [4.69, 9.17) is 5.73 Å². The number of primary amides is 1. The van der Waals surface area contributed by atoms with Crippen LogP contribution in [0.15, 0.2) is 0 Å². The van der Waals surface area contributed by atoms with Gasteiger partial charge in [-0.1, -0.05) is 13.8 Å². The topological polar surface area (TPSA) is 46.3 Å². The van der Waals surface area contributed by atoms with Crippen LogP contribution in [-0.4, -0.2) is 35.7 Å². The lowest BCUT2D eigenvalue weighted by Crippen LogP contribution is -2.44. The molecular formula is C8H18N2OS. The zero-order valence-corrected chi connectivity index (χ0v) is 8.68. The maximum atomic E-state index is 11.0. The summed E-state index contributed by atoms with van der Waals surface area (Å²) in [6.07, 6.45) is 0.736. The molecule has 0 aliphatic heterocycles. The zero-order valence-electron chi connectivity index (χ0n) is 7.79.